The first-order chi connectivity index (χ1) is 14.6. The third-order valence-electron chi connectivity index (χ3n) is 4.58. The zero-order valence-corrected chi connectivity index (χ0v) is 16.6. The van der Waals surface area contributed by atoms with Crippen molar-refractivity contribution in [2.45, 2.75) is 13.5 Å². The van der Waals surface area contributed by atoms with E-state index in [1.165, 1.54) is 4.80 Å². The fraction of sp³-hybridized carbons (Fsp3) is 0.136. The van der Waals surface area contributed by atoms with Crippen LogP contribution in [0.2, 0.25) is 0 Å². The maximum Gasteiger partial charge on any atom is 0.263 e. The number of methoxy groups -OCH3 is 1. The summed E-state index contributed by atoms with van der Waals surface area (Å²) in [6.07, 6.45) is 0. The summed E-state index contributed by atoms with van der Waals surface area (Å²) >= 11 is 0. The average molecular weight is 400 g/mol. The topological polar surface area (TPSA) is 94.3 Å². The second-order valence-electron chi connectivity index (χ2n) is 6.67. The van der Waals surface area contributed by atoms with Gasteiger partial charge in [0.05, 0.1) is 12.8 Å². The number of amides is 1. The minimum Gasteiger partial charge on any atom is -0.497 e. The van der Waals surface area contributed by atoms with Crippen LogP contribution in [0.15, 0.2) is 71.8 Å². The number of hydrogen-bond acceptors (Lipinski definition) is 6. The molecule has 1 heterocycles. The minimum atomic E-state index is -0.336. The van der Waals surface area contributed by atoms with Gasteiger partial charge in [-0.3, -0.25) is 4.79 Å². The van der Waals surface area contributed by atoms with Gasteiger partial charge in [-0.15, -0.1) is 10.2 Å². The van der Waals surface area contributed by atoms with Crippen LogP contribution in [0.4, 0.5) is 0 Å². The predicted octanol–water partition coefficient (Wildman–Crippen LogP) is 3.04. The van der Waals surface area contributed by atoms with E-state index in [4.69, 9.17) is 4.74 Å². The maximum atomic E-state index is 12.2. The number of tetrazole rings is 1. The molecule has 0 saturated heterocycles. The summed E-state index contributed by atoms with van der Waals surface area (Å²) in [7, 11) is 1.65. The summed E-state index contributed by atoms with van der Waals surface area (Å²) in [5.41, 5.74) is 4.99. The number of hydrogen-bond donors (Lipinski definition) is 1. The van der Waals surface area contributed by atoms with Crippen molar-refractivity contribution in [2.75, 3.05) is 7.11 Å². The molecule has 150 valence electrons. The molecule has 0 aliphatic carbocycles. The van der Waals surface area contributed by atoms with E-state index >= 15 is 0 Å². The van der Waals surface area contributed by atoms with E-state index in [0.29, 0.717) is 11.5 Å². The van der Waals surface area contributed by atoms with Crippen LogP contribution in [-0.4, -0.2) is 38.9 Å². The van der Waals surface area contributed by atoms with Crippen LogP contribution in [0.25, 0.3) is 22.2 Å². The molecule has 3 aromatic carbocycles. The lowest BCUT2D eigenvalue weighted by molar-refractivity contribution is -0.122. The molecule has 0 fully saturated rings. The molecule has 30 heavy (non-hydrogen) atoms. The van der Waals surface area contributed by atoms with E-state index < -0.39 is 0 Å². The maximum absolute atomic E-state index is 12.2. The number of ether oxygens (including phenoxy) is 1. The van der Waals surface area contributed by atoms with Crippen molar-refractivity contribution >= 4 is 22.4 Å². The molecule has 8 heteroatoms. The quantitative estimate of drug-likeness (QED) is 0.397. The zero-order chi connectivity index (χ0) is 20.9. The molecule has 0 spiro atoms. The fourth-order valence-electron chi connectivity index (χ4n) is 2.96. The second kappa shape index (κ2) is 8.52. The number of benzene rings is 3. The minimum absolute atomic E-state index is 0.0753. The van der Waals surface area contributed by atoms with Gasteiger partial charge in [0.2, 0.25) is 5.82 Å². The van der Waals surface area contributed by atoms with Gasteiger partial charge in [0.15, 0.2) is 0 Å². The highest BCUT2D eigenvalue weighted by molar-refractivity contribution is 6.02. The lowest BCUT2D eigenvalue weighted by atomic mass is 10.0. The number of nitrogens with zero attached hydrogens (tertiary/aromatic N) is 5. The van der Waals surface area contributed by atoms with Gasteiger partial charge in [0, 0.05) is 5.56 Å². The number of nitrogens with one attached hydrogen (secondary N) is 1. The van der Waals surface area contributed by atoms with Gasteiger partial charge in [-0.25, -0.2) is 5.43 Å². The SMILES string of the molecule is COc1ccc2cc(/C(C)=N\NC(=O)Cn3nnc(-c4ccccc4)n3)ccc2c1. The van der Waals surface area contributed by atoms with Crippen LogP contribution in [0.5, 0.6) is 5.75 Å². The molecule has 1 N–H and O–H groups in total. The van der Waals surface area contributed by atoms with Gasteiger partial charge in [0.25, 0.3) is 5.91 Å². The van der Waals surface area contributed by atoms with Gasteiger partial charge in [-0.05, 0) is 46.7 Å². The van der Waals surface area contributed by atoms with Crippen LogP contribution in [0.1, 0.15) is 12.5 Å². The molecule has 0 bridgehead atoms. The molecular weight excluding hydrogens is 380 g/mol. The van der Waals surface area contributed by atoms with Crippen molar-refractivity contribution in [3.05, 3.63) is 72.3 Å². The number of carbonyl (C=O) groups excluding carboxylic acids is 1. The Labute approximate surface area is 173 Å². The van der Waals surface area contributed by atoms with Crippen LogP contribution in [-0.2, 0) is 11.3 Å². The van der Waals surface area contributed by atoms with Gasteiger partial charge in [-0.2, -0.15) is 9.90 Å². The van der Waals surface area contributed by atoms with E-state index in [2.05, 4.69) is 25.9 Å². The number of carbonyl (C=O) groups is 1. The molecule has 0 radical (unpaired) electrons. The van der Waals surface area contributed by atoms with Crippen molar-refractivity contribution in [2.24, 2.45) is 5.10 Å². The summed E-state index contributed by atoms with van der Waals surface area (Å²) in [6.45, 7) is 1.76. The Hall–Kier alpha value is -4.07. The zero-order valence-electron chi connectivity index (χ0n) is 16.6. The number of fused-ring (bicyclic) bond motifs is 1. The lowest BCUT2D eigenvalue weighted by Gasteiger charge is -2.06. The standard InChI is InChI=1S/C22H20N6O2/c1-15(17-8-9-19-13-20(30-2)11-10-18(19)12-17)23-24-21(29)14-28-26-22(25-27-28)16-6-4-3-5-7-16/h3-13H,14H2,1-2H3,(H,24,29)/b23-15-. The van der Waals surface area contributed by atoms with Crippen LogP contribution >= 0.6 is 0 Å². The molecule has 0 aliphatic heterocycles. The molecule has 0 aliphatic rings. The molecular formula is C22H20N6O2. The third-order valence-corrected chi connectivity index (χ3v) is 4.58. The highest BCUT2D eigenvalue weighted by Gasteiger charge is 2.09. The van der Waals surface area contributed by atoms with Crippen LogP contribution in [0.3, 0.4) is 0 Å². The summed E-state index contributed by atoms with van der Waals surface area (Å²) in [6, 6.07) is 21.3. The molecule has 0 unspecified atom stereocenters. The van der Waals surface area contributed by atoms with E-state index in [-0.39, 0.29) is 12.5 Å². The Morgan fingerprint density at radius 3 is 2.63 bits per heavy atom. The summed E-state index contributed by atoms with van der Waals surface area (Å²) in [4.78, 5) is 13.5. The van der Waals surface area contributed by atoms with Crippen molar-refractivity contribution in [1.82, 2.24) is 25.6 Å². The van der Waals surface area contributed by atoms with Gasteiger partial charge in [0.1, 0.15) is 12.3 Å². The Morgan fingerprint density at radius 1 is 1.07 bits per heavy atom. The Kier molecular flexibility index (Phi) is 5.47. The first-order valence-corrected chi connectivity index (χ1v) is 9.37. The first kappa shape index (κ1) is 19.3. The largest absolute Gasteiger partial charge is 0.497 e. The molecule has 1 aromatic heterocycles. The molecule has 0 atom stereocenters. The molecule has 0 saturated carbocycles. The van der Waals surface area contributed by atoms with Crippen molar-refractivity contribution in [3.63, 3.8) is 0 Å². The summed E-state index contributed by atoms with van der Waals surface area (Å²) < 4.78 is 5.25. The normalized spacial score (nSPS) is 11.5. The predicted molar refractivity (Wildman–Crippen MR) is 114 cm³/mol. The van der Waals surface area contributed by atoms with Crippen molar-refractivity contribution in [3.8, 4) is 17.1 Å². The monoisotopic (exact) mass is 400 g/mol. The van der Waals surface area contributed by atoms with E-state index in [9.17, 15) is 4.79 Å². The highest BCUT2D eigenvalue weighted by atomic mass is 16.5. The van der Waals surface area contributed by atoms with Gasteiger partial charge >= 0.3 is 0 Å². The Balaban J connectivity index is 1.41. The summed E-state index contributed by atoms with van der Waals surface area (Å²) in [5.74, 6) is 0.942. The van der Waals surface area contributed by atoms with E-state index in [1.54, 1.807) is 7.11 Å². The Bertz CT molecular complexity index is 1220. The van der Waals surface area contributed by atoms with Crippen molar-refractivity contribution < 1.29 is 9.53 Å². The molecule has 4 rings (SSSR count). The van der Waals surface area contributed by atoms with Crippen molar-refractivity contribution in [1.29, 1.82) is 0 Å². The third kappa shape index (κ3) is 4.33. The average Bonchev–Trinajstić information content (AvgIpc) is 3.25. The van der Waals surface area contributed by atoms with Crippen LogP contribution < -0.4 is 10.2 Å². The number of rotatable bonds is 6. The van der Waals surface area contributed by atoms with E-state index in [0.717, 1.165) is 27.6 Å². The lowest BCUT2D eigenvalue weighted by Crippen LogP contribution is -2.25. The Morgan fingerprint density at radius 2 is 1.83 bits per heavy atom. The number of hydrazone groups is 1. The van der Waals surface area contributed by atoms with Gasteiger partial charge < -0.3 is 4.74 Å². The molecule has 1 amide bonds. The second-order valence-corrected chi connectivity index (χ2v) is 6.67. The number of aromatic nitrogens is 4. The van der Waals surface area contributed by atoms with Crippen LogP contribution in [0, 0.1) is 0 Å². The smallest absolute Gasteiger partial charge is 0.263 e. The first-order valence-electron chi connectivity index (χ1n) is 9.37. The summed E-state index contributed by atoms with van der Waals surface area (Å²) in [5, 5.41) is 18.5. The molecule has 4 aromatic rings. The fourth-order valence-corrected chi connectivity index (χ4v) is 2.96. The van der Waals surface area contributed by atoms with Gasteiger partial charge in [-0.1, -0.05) is 48.5 Å². The molecule has 8 nitrogen and oxygen atoms in total. The highest BCUT2D eigenvalue weighted by Crippen LogP contribution is 2.22. The van der Waals surface area contributed by atoms with E-state index in [1.807, 2.05) is 73.7 Å².